The minimum atomic E-state index is 0.453. The van der Waals surface area contributed by atoms with Crippen LogP contribution in [-0.2, 0) is 0 Å². The first-order chi connectivity index (χ1) is 11.7. The zero-order chi connectivity index (χ0) is 16.9. The molecular formula is C17H28N6S. The quantitative estimate of drug-likeness (QED) is 0.679. The number of nitrogens with zero attached hydrogens (tertiary/aromatic N) is 3. The van der Waals surface area contributed by atoms with Gasteiger partial charge in [0.2, 0.25) is 0 Å². The van der Waals surface area contributed by atoms with Crippen LogP contribution in [0.15, 0.2) is 23.0 Å². The lowest BCUT2D eigenvalue weighted by Gasteiger charge is -2.28. The van der Waals surface area contributed by atoms with Crippen LogP contribution < -0.4 is 11.6 Å². The summed E-state index contributed by atoms with van der Waals surface area (Å²) in [7, 11) is 2.15. The summed E-state index contributed by atoms with van der Waals surface area (Å²) in [4.78, 5) is 9.66. The molecule has 0 spiro atoms. The molecule has 3 heterocycles. The van der Waals surface area contributed by atoms with Gasteiger partial charge in [-0.1, -0.05) is 19.3 Å². The van der Waals surface area contributed by atoms with Gasteiger partial charge in [-0.3, -0.25) is 9.91 Å². The number of nitrogens with one attached hydrogen (secondary N) is 1. The average Bonchev–Trinajstić information content (AvgIpc) is 3.27. The Bertz CT molecular complexity index is 596. The molecule has 0 radical (unpaired) electrons. The Labute approximate surface area is 148 Å². The maximum Gasteiger partial charge on any atom is 0.141 e. The second-order valence-corrected chi connectivity index (χ2v) is 7.72. The Balaban J connectivity index is 0.000000238. The molecule has 1 aliphatic carbocycles. The number of thioether (sulfide) groups is 1. The number of aromatic amines is 1. The van der Waals surface area contributed by atoms with Crippen molar-refractivity contribution in [3.8, 4) is 0 Å². The number of aliphatic imine (C=N–C) groups is 1. The van der Waals surface area contributed by atoms with Gasteiger partial charge >= 0.3 is 0 Å². The maximum absolute atomic E-state index is 6.37. The number of aromatic nitrogens is 1. The highest BCUT2D eigenvalue weighted by Crippen LogP contribution is 2.36. The zero-order valence-electron chi connectivity index (χ0n) is 14.4. The molecule has 0 amide bonds. The minimum absolute atomic E-state index is 0.453. The Kier molecular flexibility index (Phi) is 5.86. The second kappa shape index (κ2) is 8.09. The molecule has 0 unspecified atom stereocenters. The number of hydrogen-bond acceptors (Lipinski definition) is 6. The Morgan fingerprint density at radius 2 is 2.12 bits per heavy atom. The van der Waals surface area contributed by atoms with E-state index in [4.69, 9.17) is 11.6 Å². The van der Waals surface area contributed by atoms with Crippen molar-refractivity contribution < 1.29 is 0 Å². The highest BCUT2D eigenvalue weighted by atomic mass is 32.2. The van der Waals surface area contributed by atoms with Crippen molar-refractivity contribution in [2.24, 2.45) is 22.5 Å². The van der Waals surface area contributed by atoms with Gasteiger partial charge in [0, 0.05) is 41.5 Å². The van der Waals surface area contributed by atoms with Crippen LogP contribution in [0.3, 0.4) is 0 Å². The number of hydrazine groups is 1. The molecule has 2 fully saturated rings. The average molecular weight is 349 g/mol. The zero-order valence-corrected chi connectivity index (χ0v) is 15.2. The first-order valence-electron chi connectivity index (χ1n) is 8.68. The first kappa shape index (κ1) is 17.4. The van der Waals surface area contributed by atoms with Crippen LogP contribution in [-0.4, -0.2) is 46.5 Å². The lowest BCUT2D eigenvalue weighted by Crippen LogP contribution is -2.33. The summed E-state index contributed by atoms with van der Waals surface area (Å²) in [6, 6.07) is 1.98. The van der Waals surface area contributed by atoms with Gasteiger partial charge in [-0.05, 0) is 26.0 Å². The normalized spacial score (nSPS) is 23.7. The molecule has 24 heavy (non-hydrogen) atoms. The fourth-order valence-electron chi connectivity index (χ4n) is 3.39. The largest absolute Gasteiger partial charge is 0.400 e. The third-order valence-corrected chi connectivity index (χ3v) is 5.89. The number of hydrogen-bond donors (Lipinski definition) is 3. The molecule has 1 saturated carbocycles. The third-order valence-electron chi connectivity index (χ3n) is 4.80. The van der Waals surface area contributed by atoms with E-state index < -0.39 is 0 Å². The smallest absolute Gasteiger partial charge is 0.141 e. The predicted octanol–water partition coefficient (Wildman–Crippen LogP) is 2.69. The lowest BCUT2D eigenvalue weighted by molar-refractivity contribution is 0.397. The van der Waals surface area contributed by atoms with Gasteiger partial charge in [0.25, 0.3) is 0 Å². The van der Waals surface area contributed by atoms with Crippen LogP contribution in [0.25, 0.3) is 5.70 Å². The van der Waals surface area contributed by atoms with Crippen molar-refractivity contribution >= 4 is 29.6 Å². The van der Waals surface area contributed by atoms with Gasteiger partial charge in [0.15, 0.2) is 0 Å². The van der Waals surface area contributed by atoms with Crippen molar-refractivity contribution in [1.29, 1.82) is 0 Å². The van der Waals surface area contributed by atoms with E-state index in [1.54, 1.807) is 11.3 Å². The van der Waals surface area contributed by atoms with Crippen molar-refractivity contribution in [2.45, 2.75) is 32.1 Å². The van der Waals surface area contributed by atoms with E-state index in [-0.39, 0.29) is 0 Å². The molecule has 1 aromatic heterocycles. The summed E-state index contributed by atoms with van der Waals surface area (Å²) < 4.78 is 0. The van der Waals surface area contributed by atoms with Gasteiger partial charge in [-0.25, -0.2) is 10.8 Å². The fraction of sp³-hybridized carbons (Fsp3) is 0.588. The molecule has 0 aromatic carbocycles. The minimum Gasteiger partial charge on any atom is -0.400 e. The van der Waals surface area contributed by atoms with Crippen LogP contribution in [0, 0.1) is 5.92 Å². The van der Waals surface area contributed by atoms with E-state index in [9.17, 15) is 0 Å². The molecule has 0 bridgehead atoms. The van der Waals surface area contributed by atoms with Crippen molar-refractivity contribution in [2.75, 3.05) is 25.2 Å². The highest BCUT2D eigenvalue weighted by molar-refractivity contribution is 7.99. The molecule has 0 atom stereocenters. The molecule has 1 saturated heterocycles. The number of H-pyrrole nitrogens is 1. The van der Waals surface area contributed by atoms with Crippen molar-refractivity contribution in [3.05, 3.63) is 23.5 Å². The molecule has 132 valence electrons. The van der Waals surface area contributed by atoms with E-state index in [0.29, 0.717) is 5.92 Å². The molecule has 6 nitrogen and oxygen atoms in total. The van der Waals surface area contributed by atoms with E-state index in [2.05, 4.69) is 21.9 Å². The Morgan fingerprint density at radius 3 is 2.75 bits per heavy atom. The van der Waals surface area contributed by atoms with Crippen LogP contribution >= 0.6 is 11.8 Å². The number of rotatable bonds is 1. The fourth-order valence-corrected chi connectivity index (χ4v) is 4.40. The van der Waals surface area contributed by atoms with E-state index >= 15 is 0 Å². The van der Waals surface area contributed by atoms with Gasteiger partial charge in [0.05, 0.1) is 5.70 Å². The topological polar surface area (TPSA) is 86.7 Å². The number of nitrogens with two attached hydrogens (primary N) is 2. The summed E-state index contributed by atoms with van der Waals surface area (Å²) in [5, 5.41) is 1.54. The van der Waals surface area contributed by atoms with Gasteiger partial charge in [0.1, 0.15) is 12.2 Å². The molecule has 3 aliphatic rings. The van der Waals surface area contributed by atoms with Crippen LogP contribution in [0.4, 0.5) is 5.82 Å². The van der Waals surface area contributed by atoms with E-state index in [1.807, 2.05) is 24.0 Å². The maximum atomic E-state index is 6.37. The standard InChI is InChI=1S/C13H19N5.C4H9NS/c14-11(9-4-2-1-3-5-9)12-10-6-7-16-13(10)17-8-18(12)15;1-5-2-3-6-4-5/h6-9,16H,1-5,14-15H2;2-4H2,1H3/b12-11-;. The van der Waals surface area contributed by atoms with E-state index in [1.165, 1.54) is 50.3 Å². The summed E-state index contributed by atoms with van der Waals surface area (Å²) in [6.45, 7) is 1.28. The van der Waals surface area contributed by atoms with Gasteiger partial charge < -0.3 is 10.7 Å². The van der Waals surface area contributed by atoms with Crippen molar-refractivity contribution in [1.82, 2.24) is 14.9 Å². The molecule has 1 aromatic rings. The van der Waals surface area contributed by atoms with Gasteiger partial charge in [-0.2, -0.15) is 0 Å². The second-order valence-electron chi connectivity index (χ2n) is 6.65. The molecular weight excluding hydrogens is 320 g/mol. The van der Waals surface area contributed by atoms with Crippen LogP contribution in [0.2, 0.25) is 0 Å². The number of allylic oxidation sites excluding steroid dienone is 1. The summed E-state index contributed by atoms with van der Waals surface area (Å²) in [5.41, 5.74) is 9.19. The molecule has 2 aliphatic heterocycles. The van der Waals surface area contributed by atoms with Crippen LogP contribution in [0.5, 0.6) is 0 Å². The SMILES string of the molecule is CN1CCSC1.N/C(=C1/c2cc[nH]c2N=CN1N)C1CCCCC1. The molecule has 7 heteroatoms. The highest BCUT2D eigenvalue weighted by Gasteiger charge is 2.25. The summed E-state index contributed by atoms with van der Waals surface area (Å²) in [6.07, 6.45) is 9.66. The third kappa shape index (κ3) is 3.96. The Hall–Kier alpha value is -1.44. The van der Waals surface area contributed by atoms with Gasteiger partial charge in [-0.15, -0.1) is 11.8 Å². The molecule has 5 N–H and O–H groups in total. The number of fused-ring (bicyclic) bond motifs is 1. The van der Waals surface area contributed by atoms with E-state index in [0.717, 1.165) is 22.8 Å². The van der Waals surface area contributed by atoms with Crippen molar-refractivity contribution in [3.63, 3.8) is 0 Å². The Morgan fingerprint density at radius 1 is 1.33 bits per heavy atom. The first-order valence-corrected chi connectivity index (χ1v) is 9.84. The predicted molar refractivity (Wildman–Crippen MR) is 103 cm³/mol. The molecule has 4 rings (SSSR count). The summed E-state index contributed by atoms with van der Waals surface area (Å²) in [5.74, 6) is 9.85. The van der Waals surface area contributed by atoms with Crippen LogP contribution in [0.1, 0.15) is 37.7 Å². The monoisotopic (exact) mass is 348 g/mol. The summed E-state index contributed by atoms with van der Waals surface area (Å²) >= 11 is 2.01. The lowest BCUT2D eigenvalue weighted by atomic mass is 9.85.